The molecule has 0 N–H and O–H groups in total. The van der Waals surface area contributed by atoms with Crippen LogP contribution >= 0.6 is 0 Å². The number of nitrogens with zero attached hydrogens (tertiary/aromatic N) is 5. The van der Waals surface area contributed by atoms with Crippen LogP contribution in [0.2, 0.25) is 0 Å². The van der Waals surface area contributed by atoms with E-state index in [4.69, 9.17) is 0 Å². The van der Waals surface area contributed by atoms with Crippen molar-refractivity contribution < 1.29 is 4.79 Å². The van der Waals surface area contributed by atoms with Gasteiger partial charge in [0.1, 0.15) is 12.7 Å². The zero-order valence-corrected chi connectivity index (χ0v) is 15.1. The lowest BCUT2D eigenvalue weighted by molar-refractivity contribution is -0.132. The lowest BCUT2D eigenvalue weighted by Crippen LogP contribution is -2.37. The standard InChI is InChI=1S/C19H27N5O/c1-16(17-6-8-18(9-7-17)24-15-20-14-21-24)22(2)13-10-19(25)23-11-4-3-5-12-23/h6-9,14-16H,3-5,10-13H2,1-2H3. The number of likely N-dealkylation sites (tertiary alicyclic amines) is 1. The van der Waals surface area contributed by atoms with E-state index in [-0.39, 0.29) is 6.04 Å². The molecule has 1 aliphatic rings. The summed E-state index contributed by atoms with van der Waals surface area (Å²) in [6, 6.07) is 8.59. The zero-order chi connectivity index (χ0) is 17.6. The topological polar surface area (TPSA) is 54.3 Å². The molecule has 0 bridgehead atoms. The molecular weight excluding hydrogens is 314 g/mol. The molecule has 0 saturated carbocycles. The monoisotopic (exact) mass is 341 g/mol. The summed E-state index contributed by atoms with van der Waals surface area (Å²) in [6.07, 6.45) is 7.37. The van der Waals surface area contributed by atoms with Gasteiger partial charge in [-0.2, -0.15) is 5.10 Å². The maximum Gasteiger partial charge on any atom is 0.223 e. The highest BCUT2D eigenvalue weighted by atomic mass is 16.2. The zero-order valence-electron chi connectivity index (χ0n) is 15.1. The number of hydrogen-bond acceptors (Lipinski definition) is 4. The fourth-order valence-electron chi connectivity index (χ4n) is 3.27. The quantitative estimate of drug-likeness (QED) is 0.810. The van der Waals surface area contributed by atoms with Gasteiger partial charge in [-0.05, 0) is 50.9 Å². The van der Waals surface area contributed by atoms with Crippen LogP contribution in [0.25, 0.3) is 5.69 Å². The van der Waals surface area contributed by atoms with Gasteiger partial charge in [0, 0.05) is 32.1 Å². The summed E-state index contributed by atoms with van der Waals surface area (Å²) < 4.78 is 1.75. The third kappa shape index (κ3) is 4.45. The normalized spacial score (nSPS) is 16.2. The molecule has 0 spiro atoms. The first-order valence-electron chi connectivity index (χ1n) is 9.08. The van der Waals surface area contributed by atoms with Gasteiger partial charge in [-0.1, -0.05) is 12.1 Å². The summed E-state index contributed by atoms with van der Waals surface area (Å²) in [6.45, 7) is 4.82. The van der Waals surface area contributed by atoms with E-state index < -0.39 is 0 Å². The van der Waals surface area contributed by atoms with E-state index in [1.807, 2.05) is 17.0 Å². The molecule has 1 aromatic heterocycles. The lowest BCUT2D eigenvalue weighted by Gasteiger charge is -2.29. The Morgan fingerprint density at radius 1 is 1.20 bits per heavy atom. The van der Waals surface area contributed by atoms with Crippen LogP contribution in [-0.4, -0.2) is 57.2 Å². The average Bonchev–Trinajstić information content (AvgIpc) is 3.21. The number of piperidine rings is 1. The number of amides is 1. The first-order chi connectivity index (χ1) is 12.1. The van der Waals surface area contributed by atoms with Crippen molar-refractivity contribution in [2.24, 2.45) is 0 Å². The SMILES string of the molecule is CC(c1ccc(-n2cncn2)cc1)N(C)CCC(=O)N1CCCCC1. The Labute approximate surface area is 149 Å². The van der Waals surface area contributed by atoms with Crippen molar-refractivity contribution in [1.82, 2.24) is 24.6 Å². The molecule has 1 amide bonds. The summed E-state index contributed by atoms with van der Waals surface area (Å²) >= 11 is 0. The second-order valence-corrected chi connectivity index (χ2v) is 6.78. The van der Waals surface area contributed by atoms with Gasteiger partial charge < -0.3 is 4.90 Å². The molecule has 1 saturated heterocycles. The minimum Gasteiger partial charge on any atom is -0.343 e. The lowest BCUT2D eigenvalue weighted by atomic mass is 10.1. The molecular formula is C19H27N5O. The number of aromatic nitrogens is 3. The number of rotatable bonds is 6. The van der Waals surface area contributed by atoms with Crippen LogP contribution in [0, 0.1) is 0 Å². The number of carbonyl (C=O) groups is 1. The third-order valence-electron chi connectivity index (χ3n) is 5.11. The van der Waals surface area contributed by atoms with Crippen LogP contribution in [0.1, 0.15) is 44.2 Å². The van der Waals surface area contributed by atoms with Crippen molar-refractivity contribution in [3.63, 3.8) is 0 Å². The highest BCUT2D eigenvalue weighted by Crippen LogP contribution is 2.20. The van der Waals surface area contributed by atoms with Crippen LogP contribution < -0.4 is 0 Å². The van der Waals surface area contributed by atoms with Gasteiger partial charge in [0.2, 0.25) is 5.91 Å². The maximum absolute atomic E-state index is 12.3. The van der Waals surface area contributed by atoms with Crippen molar-refractivity contribution in [3.05, 3.63) is 42.5 Å². The Bertz CT molecular complexity index is 662. The van der Waals surface area contributed by atoms with Gasteiger partial charge >= 0.3 is 0 Å². The van der Waals surface area contributed by atoms with E-state index in [1.54, 1.807) is 11.0 Å². The number of hydrogen-bond donors (Lipinski definition) is 0. The smallest absolute Gasteiger partial charge is 0.223 e. The first-order valence-corrected chi connectivity index (χ1v) is 9.08. The Morgan fingerprint density at radius 3 is 2.56 bits per heavy atom. The molecule has 1 aliphatic heterocycles. The van der Waals surface area contributed by atoms with E-state index in [0.29, 0.717) is 12.3 Å². The molecule has 25 heavy (non-hydrogen) atoms. The Balaban J connectivity index is 1.53. The van der Waals surface area contributed by atoms with Gasteiger partial charge in [-0.15, -0.1) is 0 Å². The van der Waals surface area contributed by atoms with Crippen molar-refractivity contribution in [1.29, 1.82) is 0 Å². The van der Waals surface area contributed by atoms with Crippen LogP contribution in [-0.2, 0) is 4.79 Å². The van der Waals surface area contributed by atoms with Crippen molar-refractivity contribution in [2.45, 2.75) is 38.6 Å². The predicted octanol–water partition coefficient (Wildman–Crippen LogP) is 2.66. The summed E-state index contributed by atoms with van der Waals surface area (Å²) in [5.41, 5.74) is 2.23. The summed E-state index contributed by atoms with van der Waals surface area (Å²) in [4.78, 5) is 20.6. The molecule has 2 heterocycles. The summed E-state index contributed by atoms with van der Waals surface area (Å²) in [5.74, 6) is 0.292. The summed E-state index contributed by atoms with van der Waals surface area (Å²) in [7, 11) is 2.08. The molecule has 2 aromatic rings. The molecule has 1 unspecified atom stereocenters. The highest BCUT2D eigenvalue weighted by molar-refractivity contribution is 5.76. The molecule has 1 fully saturated rings. The molecule has 134 valence electrons. The Hall–Kier alpha value is -2.21. The van der Waals surface area contributed by atoms with Crippen LogP contribution in [0.3, 0.4) is 0 Å². The van der Waals surface area contributed by atoms with Gasteiger partial charge in [0.05, 0.1) is 5.69 Å². The minimum atomic E-state index is 0.263. The average molecular weight is 341 g/mol. The molecule has 1 aromatic carbocycles. The van der Waals surface area contributed by atoms with Crippen molar-refractivity contribution in [3.8, 4) is 5.69 Å². The van der Waals surface area contributed by atoms with E-state index >= 15 is 0 Å². The van der Waals surface area contributed by atoms with Crippen LogP contribution in [0.15, 0.2) is 36.9 Å². The molecule has 0 aliphatic carbocycles. The maximum atomic E-state index is 12.3. The number of benzene rings is 1. The fourth-order valence-corrected chi connectivity index (χ4v) is 3.27. The molecule has 0 radical (unpaired) electrons. The largest absolute Gasteiger partial charge is 0.343 e. The molecule has 6 heteroatoms. The van der Waals surface area contributed by atoms with Crippen molar-refractivity contribution >= 4 is 5.91 Å². The van der Waals surface area contributed by atoms with Gasteiger partial charge in [0.25, 0.3) is 0 Å². The fraction of sp³-hybridized carbons (Fsp3) is 0.526. The molecule has 1 atom stereocenters. The van der Waals surface area contributed by atoms with Crippen LogP contribution in [0.5, 0.6) is 0 Å². The van der Waals surface area contributed by atoms with E-state index in [1.165, 1.54) is 18.3 Å². The Kier molecular flexibility index (Phi) is 5.81. The van der Waals surface area contributed by atoms with Gasteiger partial charge in [-0.3, -0.25) is 9.69 Å². The second-order valence-electron chi connectivity index (χ2n) is 6.78. The van der Waals surface area contributed by atoms with Gasteiger partial charge in [0.15, 0.2) is 0 Å². The third-order valence-corrected chi connectivity index (χ3v) is 5.11. The second kappa shape index (κ2) is 8.25. The van der Waals surface area contributed by atoms with E-state index in [0.717, 1.165) is 38.2 Å². The molecule has 6 nitrogen and oxygen atoms in total. The minimum absolute atomic E-state index is 0.263. The number of carbonyl (C=O) groups excluding carboxylic acids is 1. The molecule has 3 rings (SSSR count). The van der Waals surface area contributed by atoms with E-state index in [9.17, 15) is 4.79 Å². The van der Waals surface area contributed by atoms with E-state index in [2.05, 4.69) is 41.1 Å². The first kappa shape index (κ1) is 17.6. The predicted molar refractivity (Wildman–Crippen MR) is 97.5 cm³/mol. The van der Waals surface area contributed by atoms with Crippen molar-refractivity contribution in [2.75, 3.05) is 26.7 Å². The summed E-state index contributed by atoms with van der Waals surface area (Å²) in [5, 5.41) is 4.14. The van der Waals surface area contributed by atoms with Crippen LogP contribution in [0.4, 0.5) is 0 Å². The Morgan fingerprint density at radius 2 is 1.92 bits per heavy atom. The van der Waals surface area contributed by atoms with Gasteiger partial charge in [-0.25, -0.2) is 9.67 Å². The highest BCUT2D eigenvalue weighted by Gasteiger charge is 2.18.